The zero-order valence-corrected chi connectivity index (χ0v) is 22.8. The topological polar surface area (TPSA) is 85.3 Å². The van der Waals surface area contributed by atoms with Crippen LogP contribution in [0.2, 0.25) is 0 Å². The van der Waals surface area contributed by atoms with Gasteiger partial charge in [0.1, 0.15) is 11.3 Å². The molecule has 3 atom stereocenters. The van der Waals surface area contributed by atoms with E-state index in [1.807, 2.05) is 71.9 Å². The molecule has 1 saturated heterocycles. The first-order valence-electron chi connectivity index (χ1n) is 12.7. The zero-order chi connectivity index (χ0) is 26.4. The Morgan fingerprint density at radius 3 is 2.31 bits per heavy atom. The van der Waals surface area contributed by atoms with Gasteiger partial charge in [0.05, 0.1) is 24.7 Å². The van der Waals surface area contributed by atoms with E-state index in [1.165, 1.54) is 0 Å². The van der Waals surface area contributed by atoms with Crippen LogP contribution in [0.5, 0.6) is 0 Å². The minimum Gasteiger partial charge on any atom is -0.481 e. The third-order valence-electron chi connectivity index (χ3n) is 6.53. The van der Waals surface area contributed by atoms with Crippen molar-refractivity contribution in [3.05, 3.63) is 35.9 Å². The number of aliphatic carboxylic acids is 1. The van der Waals surface area contributed by atoms with Crippen LogP contribution in [0.25, 0.3) is 0 Å². The molecule has 1 aliphatic heterocycles. The molecule has 35 heavy (non-hydrogen) atoms. The number of carboxylic acids is 1. The van der Waals surface area contributed by atoms with Gasteiger partial charge in [-0.05, 0) is 71.3 Å². The van der Waals surface area contributed by atoms with Gasteiger partial charge in [0, 0.05) is 6.61 Å². The van der Waals surface area contributed by atoms with Crippen LogP contribution in [-0.4, -0.2) is 52.1 Å². The summed E-state index contributed by atoms with van der Waals surface area (Å²) in [5.74, 6) is -1.37. The molecule has 1 aromatic rings. The number of rotatable bonds is 11. The predicted molar refractivity (Wildman–Crippen MR) is 136 cm³/mol. The van der Waals surface area contributed by atoms with E-state index in [-0.39, 0.29) is 11.5 Å². The lowest BCUT2D eigenvalue weighted by molar-refractivity contribution is -0.144. The summed E-state index contributed by atoms with van der Waals surface area (Å²) in [6.07, 6.45) is 1.45. The van der Waals surface area contributed by atoms with Crippen LogP contribution >= 0.6 is 0 Å². The second-order valence-electron chi connectivity index (χ2n) is 11.9. The van der Waals surface area contributed by atoms with Gasteiger partial charge < -0.3 is 19.3 Å². The van der Waals surface area contributed by atoms with E-state index < -0.39 is 35.4 Å². The third kappa shape index (κ3) is 8.80. The Morgan fingerprint density at radius 2 is 1.77 bits per heavy atom. The van der Waals surface area contributed by atoms with Crippen molar-refractivity contribution in [2.45, 2.75) is 111 Å². The minimum atomic E-state index is -0.908. The number of nitrogens with zero attached hydrogens (tertiary/aromatic N) is 1. The highest BCUT2D eigenvalue weighted by atomic mass is 16.6. The maximum absolute atomic E-state index is 13.3. The number of carbonyl (C=O) groups is 2. The largest absolute Gasteiger partial charge is 0.481 e. The fraction of sp³-hybridized carbons (Fsp3) is 0.714. The lowest BCUT2D eigenvalue weighted by atomic mass is 9.79. The van der Waals surface area contributed by atoms with Gasteiger partial charge in [-0.15, -0.1) is 0 Å². The molecule has 0 bridgehead atoms. The van der Waals surface area contributed by atoms with Crippen molar-refractivity contribution in [2.75, 3.05) is 6.61 Å². The molecule has 1 heterocycles. The Balaban J connectivity index is 2.18. The number of amides is 1. The predicted octanol–water partition coefficient (Wildman–Crippen LogP) is 6.25. The molecule has 0 saturated carbocycles. The minimum absolute atomic E-state index is 0.172. The molecular formula is C28H45NO6. The number of ether oxygens (including phenoxy) is 3. The average Bonchev–Trinajstić information content (AvgIpc) is 2.97. The molecule has 7 nitrogen and oxygen atoms in total. The molecular weight excluding hydrogens is 446 g/mol. The van der Waals surface area contributed by atoms with Crippen molar-refractivity contribution in [3.8, 4) is 0 Å². The molecule has 0 aliphatic carbocycles. The summed E-state index contributed by atoms with van der Waals surface area (Å²) in [5.41, 5.74) is -0.598. The molecule has 1 aliphatic rings. The Morgan fingerprint density at radius 1 is 1.14 bits per heavy atom. The van der Waals surface area contributed by atoms with E-state index in [9.17, 15) is 14.7 Å². The summed E-state index contributed by atoms with van der Waals surface area (Å²) in [6.45, 7) is 16.5. The number of hydrogen-bond acceptors (Lipinski definition) is 5. The van der Waals surface area contributed by atoms with Gasteiger partial charge in [-0.1, -0.05) is 51.1 Å². The highest BCUT2D eigenvalue weighted by Gasteiger charge is 2.52. The SMILES string of the molecule is CC[C@H](C[C@@H]1OC(C)(C)N(C(=O)OC(C)(C)C)[C@H]1CC(C)(C)CCOCc1ccccc1)C(=O)O. The Hall–Kier alpha value is -2.12. The second kappa shape index (κ2) is 11.7. The smallest absolute Gasteiger partial charge is 0.412 e. The van der Waals surface area contributed by atoms with Gasteiger partial charge in [0.2, 0.25) is 0 Å². The molecule has 1 fully saturated rings. The molecule has 198 valence electrons. The van der Waals surface area contributed by atoms with Gasteiger partial charge in [0.15, 0.2) is 0 Å². The third-order valence-corrected chi connectivity index (χ3v) is 6.53. The fourth-order valence-corrected chi connectivity index (χ4v) is 4.67. The van der Waals surface area contributed by atoms with E-state index in [1.54, 1.807) is 4.90 Å². The lowest BCUT2D eigenvalue weighted by Crippen LogP contribution is -2.51. The van der Waals surface area contributed by atoms with E-state index in [4.69, 9.17) is 14.2 Å². The molecule has 0 radical (unpaired) electrons. The first-order valence-corrected chi connectivity index (χ1v) is 12.7. The van der Waals surface area contributed by atoms with Crippen LogP contribution in [0, 0.1) is 11.3 Å². The zero-order valence-electron chi connectivity index (χ0n) is 22.8. The van der Waals surface area contributed by atoms with E-state index in [0.717, 1.165) is 12.0 Å². The van der Waals surface area contributed by atoms with Gasteiger partial charge >= 0.3 is 12.1 Å². The normalized spacial score (nSPS) is 21.1. The van der Waals surface area contributed by atoms with E-state index >= 15 is 0 Å². The van der Waals surface area contributed by atoms with E-state index in [0.29, 0.717) is 32.5 Å². The van der Waals surface area contributed by atoms with Crippen molar-refractivity contribution in [3.63, 3.8) is 0 Å². The van der Waals surface area contributed by atoms with Crippen LogP contribution < -0.4 is 0 Å². The van der Waals surface area contributed by atoms with Crippen LogP contribution in [0.1, 0.15) is 86.6 Å². The monoisotopic (exact) mass is 491 g/mol. The summed E-state index contributed by atoms with van der Waals surface area (Å²) in [5, 5.41) is 9.67. The number of carbonyl (C=O) groups excluding carboxylic acids is 1. The van der Waals surface area contributed by atoms with E-state index in [2.05, 4.69) is 13.8 Å². The van der Waals surface area contributed by atoms with Gasteiger partial charge in [-0.25, -0.2) is 4.79 Å². The quantitative estimate of drug-likeness (QED) is 0.368. The summed E-state index contributed by atoms with van der Waals surface area (Å²) in [6, 6.07) is 9.75. The average molecular weight is 492 g/mol. The van der Waals surface area contributed by atoms with Crippen LogP contribution in [0.15, 0.2) is 30.3 Å². The van der Waals surface area contributed by atoms with Gasteiger partial charge in [-0.3, -0.25) is 9.69 Å². The van der Waals surface area contributed by atoms with Crippen LogP contribution in [0.3, 0.4) is 0 Å². The first kappa shape index (κ1) is 29.1. The summed E-state index contributed by atoms with van der Waals surface area (Å²) in [4.78, 5) is 26.8. The highest BCUT2D eigenvalue weighted by molar-refractivity contribution is 5.71. The molecule has 1 amide bonds. The molecule has 1 N–H and O–H groups in total. The molecule has 2 rings (SSSR count). The van der Waals surface area contributed by atoms with Crippen LogP contribution in [-0.2, 0) is 25.6 Å². The number of benzene rings is 1. The Labute approximate surface area is 211 Å². The van der Waals surface area contributed by atoms with Gasteiger partial charge in [0.25, 0.3) is 0 Å². The first-order chi connectivity index (χ1) is 16.1. The number of carboxylic acid groups (broad SMARTS) is 1. The molecule has 1 aromatic carbocycles. The summed E-state index contributed by atoms with van der Waals surface area (Å²) < 4.78 is 18.0. The maximum Gasteiger partial charge on any atom is 0.412 e. The summed E-state index contributed by atoms with van der Waals surface area (Å²) >= 11 is 0. The number of hydrogen-bond donors (Lipinski definition) is 1. The van der Waals surface area contributed by atoms with Crippen molar-refractivity contribution in [2.24, 2.45) is 11.3 Å². The highest BCUT2D eigenvalue weighted by Crippen LogP contribution is 2.42. The van der Waals surface area contributed by atoms with Crippen molar-refractivity contribution >= 4 is 12.1 Å². The Kier molecular flexibility index (Phi) is 9.77. The van der Waals surface area contributed by atoms with Crippen molar-refractivity contribution < 1.29 is 28.9 Å². The summed E-state index contributed by atoms with van der Waals surface area (Å²) in [7, 11) is 0. The van der Waals surface area contributed by atoms with Crippen molar-refractivity contribution in [1.29, 1.82) is 0 Å². The standard InChI is InChI=1S/C28H45NO6/c1-9-21(24(30)31)17-23-22(29(28(7,8)34-23)25(32)35-26(2,3)4)18-27(5,6)15-16-33-19-20-13-11-10-12-14-20/h10-14,21-23H,9,15-19H2,1-8H3,(H,30,31)/t21-,22+,23+/m1/s1. The van der Waals surface area contributed by atoms with Crippen LogP contribution in [0.4, 0.5) is 4.79 Å². The molecule has 0 unspecified atom stereocenters. The fourth-order valence-electron chi connectivity index (χ4n) is 4.67. The maximum atomic E-state index is 13.3. The molecule has 0 spiro atoms. The second-order valence-corrected chi connectivity index (χ2v) is 11.9. The Bertz CT molecular complexity index is 830. The van der Waals surface area contributed by atoms with Gasteiger partial charge in [-0.2, -0.15) is 0 Å². The van der Waals surface area contributed by atoms with Crippen molar-refractivity contribution in [1.82, 2.24) is 4.90 Å². The lowest BCUT2D eigenvalue weighted by Gasteiger charge is -2.38. The molecule has 0 aromatic heterocycles. The molecule has 7 heteroatoms.